The Morgan fingerprint density at radius 1 is 1.05 bits per heavy atom. The van der Waals surface area contributed by atoms with Gasteiger partial charge in [0.1, 0.15) is 4.88 Å². The number of fused-ring (bicyclic) bond motifs is 1. The minimum atomic E-state index is -0.468. The lowest BCUT2D eigenvalue weighted by Gasteiger charge is -2.03. The minimum Gasteiger partial charge on any atom is -0.288 e. The Bertz CT molecular complexity index is 753. The zero-order valence-electron chi connectivity index (χ0n) is 10.4. The van der Waals surface area contributed by atoms with Crippen LogP contribution < -0.4 is 5.48 Å². The van der Waals surface area contributed by atoms with E-state index in [1.54, 1.807) is 5.48 Å². The van der Waals surface area contributed by atoms with Gasteiger partial charge in [0.25, 0.3) is 5.91 Å². The number of carbonyl (C=O) groups is 1. The zero-order valence-corrected chi connectivity index (χ0v) is 12.0. The van der Waals surface area contributed by atoms with Crippen LogP contribution in [0.4, 0.5) is 0 Å². The first-order valence-electron chi connectivity index (χ1n) is 5.98. The van der Waals surface area contributed by atoms with Crippen LogP contribution in [0.25, 0.3) is 10.1 Å². The maximum Gasteiger partial charge on any atom is 0.285 e. The second kappa shape index (κ2) is 5.66. The molecular weight excluding hydrogens is 290 g/mol. The van der Waals surface area contributed by atoms with Crippen LogP contribution in [0.1, 0.15) is 9.67 Å². The Kier molecular flexibility index (Phi) is 3.73. The average Bonchev–Trinajstić information content (AvgIpc) is 2.86. The van der Waals surface area contributed by atoms with E-state index in [0.717, 1.165) is 19.9 Å². The molecule has 0 aliphatic carbocycles. The Morgan fingerprint density at radius 2 is 1.75 bits per heavy atom. The number of benzene rings is 2. The normalized spacial score (nSPS) is 10.7. The quantitative estimate of drug-likeness (QED) is 0.564. The van der Waals surface area contributed by atoms with Crippen molar-refractivity contribution in [1.29, 1.82) is 0 Å². The summed E-state index contributed by atoms with van der Waals surface area (Å²) in [5.74, 6) is -0.468. The smallest absolute Gasteiger partial charge is 0.285 e. The molecule has 0 aliphatic heterocycles. The molecule has 0 spiro atoms. The van der Waals surface area contributed by atoms with E-state index in [4.69, 9.17) is 5.21 Å². The standard InChI is InChI=1S/C15H11NO2S2/c17-15(16-18)14-13(19-10-6-2-1-3-7-10)11-8-4-5-9-12(11)20-14/h1-9,18H,(H,16,17). The van der Waals surface area contributed by atoms with E-state index in [1.165, 1.54) is 23.1 Å². The molecule has 0 bridgehead atoms. The van der Waals surface area contributed by atoms with Crippen LogP contribution in [0.3, 0.4) is 0 Å². The minimum absolute atomic E-state index is 0.468. The number of hydrogen-bond acceptors (Lipinski definition) is 4. The van der Waals surface area contributed by atoms with E-state index >= 15 is 0 Å². The number of amides is 1. The fourth-order valence-corrected chi connectivity index (χ4v) is 4.23. The molecule has 3 nitrogen and oxygen atoms in total. The molecular formula is C15H11NO2S2. The number of carbonyl (C=O) groups excluding carboxylic acids is 1. The molecule has 3 aromatic rings. The largest absolute Gasteiger partial charge is 0.288 e. The molecule has 0 saturated heterocycles. The highest BCUT2D eigenvalue weighted by Gasteiger charge is 2.18. The van der Waals surface area contributed by atoms with Crippen LogP contribution >= 0.6 is 23.1 Å². The van der Waals surface area contributed by atoms with Crippen molar-refractivity contribution in [3.8, 4) is 0 Å². The summed E-state index contributed by atoms with van der Waals surface area (Å²) >= 11 is 2.92. The lowest BCUT2D eigenvalue weighted by molar-refractivity contribution is 0.0708. The number of rotatable bonds is 3. The summed E-state index contributed by atoms with van der Waals surface area (Å²) < 4.78 is 1.03. The molecule has 0 radical (unpaired) electrons. The molecule has 2 N–H and O–H groups in total. The summed E-state index contributed by atoms with van der Waals surface area (Å²) in [6.07, 6.45) is 0. The van der Waals surface area contributed by atoms with Gasteiger partial charge in [0.05, 0.1) is 0 Å². The Balaban J connectivity index is 2.13. The van der Waals surface area contributed by atoms with E-state index in [2.05, 4.69) is 0 Å². The van der Waals surface area contributed by atoms with E-state index in [1.807, 2.05) is 54.6 Å². The first-order valence-corrected chi connectivity index (χ1v) is 7.62. The van der Waals surface area contributed by atoms with Gasteiger partial charge in [0.15, 0.2) is 0 Å². The van der Waals surface area contributed by atoms with E-state index < -0.39 is 5.91 Å². The Hall–Kier alpha value is -1.82. The van der Waals surface area contributed by atoms with Crippen molar-refractivity contribution in [2.75, 3.05) is 0 Å². The van der Waals surface area contributed by atoms with Gasteiger partial charge in [0, 0.05) is 19.9 Å². The Labute approximate surface area is 124 Å². The molecule has 20 heavy (non-hydrogen) atoms. The van der Waals surface area contributed by atoms with Gasteiger partial charge in [0.2, 0.25) is 0 Å². The van der Waals surface area contributed by atoms with Gasteiger partial charge in [-0.25, -0.2) is 5.48 Å². The first kappa shape index (κ1) is 13.2. The van der Waals surface area contributed by atoms with Crippen LogP contribution in [-0.4, -0.2) is 11.1 Å². The molecule has 1 aromatic heterocycles. The van der Waals surface area contributed by atoms with Crippen molar-refractivity contribution in [3.63, 3.8) is 0 Å². The highest BCUT2D eigenvalue weighted by atomic mass is 32.2. The summed E-state index contributed by atoms with van der Waals surface area (Å²) in [7, 11) is 0. The predicted octanol–water partition coefficient (Wildman–Crippen LogP) is 4.17. The maximum absolute atomic E-state index is 11.8. The second-order valence-electron chi connectivity index (χ2n) is 4.11. The summed E-state index contributed by atoms with van der Waals surface area (Å²) in [6.45, 7) is 0. The number of nitrogens with one attached hydrogen (secondary N) is 1. The summed E-state index contributed by atoms with van der Waals surface area (Å²) in [4.78, 5) is 14.3. The van der Waals surface area contributed by atoms with Crippen molar-refractivity contribution < 1.29 is 10.0 Å². The molecule has 0 aliphatic rings. The number of hydroxylamine groups is 1. The van der Waals surface area contributed by atoms with Gasteiger partial charge in [-0.3, -0.25) is 10.0 Å². The molecule has 1 amide bonds. The number of thiophene rings is 1. The van der Waals surface area contributed by atoms with Crippen molar-refractivity contribution in [1.82, 2.24) is 5.48 Å². The van der Waals surface area contributed by atoms with Crippen LogP contribution in [-0.2, 0) is 0 Å². The summed E-state index contributed by atoms with van der Waals surface area (Å²) in [6, 6.07) is 17.7. The highest BCUT2D eigenvalue weighted by molar-refractivity contribution is 7.99. The molecule has 2 aromatic carbocycles. The fourth-order valence-electron chi connectivity index (χ4n) is 1.93. The van der Waals surface area contributed by atoms with Crippen molar-refractivity contribution >= 4 is 39.1 Å². The van der Waals surface area contributed by atoms with Crippen molar-refractivity contribution in [2.45, 2.75) is 9.79 Å². The van der Waals surface area contributed by atoms with Gasteiger partial charge < -0.3 is 0 Å². The first-order chi connectivity index (χ1) is 9.79. The van der Waals surface area contributed by atoms with E-state index in [0.29, 0.717) is 4.88 Å². The van der Waals surface area contributed by atoms with E-state index in [-0.39, 0.29) is 0 Å². The summed E-state index contributed by atoms with van der Waals surface area (Å²) in [5, 5.41) is 9.93. The fraction of sp³-hybridized carbons (Fsp3) is 0. The molecule has 3 rings (SSSR count). The number of hydrogen-bond donors (Lipinski definition) is 2. The van der Waals surface area contributed by atoms with Crippen molar-refractivity contribution in [2.24, 2.45) is 0 Å². The third-order valence-electron chi connectivity index (χ3n) is 2.82. The SMILES string of the molecule is O=C(NO)c1sc2ccccc2c1Sc1ccccc1. The molecule has 1 heterocycles. The predicted molar refractivity (Wildman–Crippen MR) is 81.6 cm³/mol. The molecule has 0 unspecified atom stereocenters. The topological polar surface area (TPSA) is 49.3 Å². The third-order valence-corrected chi connectivity index (χ3v) is 5.26. The molecule has 0 fully saturated rings. The lowest BCUT2D eigenvalue weighted by Crippen LogP contribution is -2.17. The van der Waals surface area contributed by atoms with Gasteiger partial charge in [-0.2, -0.15) is 0 Å². The van der Waals surface area contributed by atoms with Gasteiger partial charge in [-0.05, 0) is 18.2 Å². The van der Waals surface area contributed by atoms with E-state index in [9.17, 15) is 4.79 Å². The lowest BCUT2D eigenvalue weighted by atomic mass is 10.2. The Morgan fingerprint density at radius 3 is 2.50 bits per heavy atom. The monoisotopic (exact) mass is 301 g/mol. The molecule has 5 heteroatoms. The molecule has 100 valence electrons. The van der Waals surface area contributed by atoms with Crippen molar-refractivity contribution in [3.05, 3.63) is 59.5 Å². The molecule has 0 atom stereocenters. The van der Waals surface area contributed by atoms with Gasteiger partial charge in [-0.15, -0.1) is 11.3 Å². The van der Waals surface area contributed by atoms with Crippen LogP contribution in [0.15, 0.2) is 64.4 Å². The molecule has 0 saturated carbocycles. The van der Waals surface area contributed by atoms with Crippen LogP contribution in [0.2, 0.25) is 0 Å². The second-order valence-corrected chi connectivity index (χ2v) is 6.25. The highest BCUT2D eigenvalue weighted by Crippen LogP contribution is 2.41. The zero-order chi connectivity index (χ0) is 13.9. The van der Waals surface area contributed by atoms with Crippen LogP contribution in [0, 0.1) is 0 Å². The average molecular weight is 301 g/mol. The van der Waals surface area contributed by atoms with Gasteiger partial charge >= 0.3 is 0 Å². The van der Waals surface area contributed by atoms with Gasteiger partial charge in [-0.1, -0.05) is 48.2 Å². The van der Waals surface area contributed by atoms with Crippen LogP contribution in [0.5, 0.6) is 0 Å². The summed E-state index contributed by atoms with van der Waals surface area (Å²) in [5.41, 5.74) is 1.73. The maximum atomic E-state index is 11.8. The third kappa shape index (κ3) is 2.43.